The molecule has 1 amide bonds. The van der Waals surface area contributed by atoms with Crippen LogP contribution in [0.15, 0.2) is 54.9 Å². The molecule has 0 saturated carbocycles. The smallest absolute Gasteiger partial charge is 0.241 e. The van der Waals surface area contributed by atoms with Gasteiger partial charge in [0.15, 0.2) is 11.5 Å². The molecule has 2 aliphatic rings. The topological polar surface area (TPSA) is 68.6 Å². The molecule has 154 valence electrons. The Balaban J connectivity index is 1.26. The number of para-hydroxylation sites is 1. The van der Waals surface area contributed by atoms with E-state index in [1.165, 1.54) is 0 Å². The molecule has 5 rings (SSSR count). The van der Waals surface area contributed by atoms with Crippen molar-refractivity contribution in [3.8, 4) is 22.6 Å². The fourth-order valence-electron chi connectivity index (χ4n) is 4.19. The molecule has 1 atom stereocenters. The number of aromatic nitrogens is 2. The summed E-state index contributed by atoms with van der Waals surface area (Å²) in [4.78, 5) is 15.2. The highest BCUT2D eigenvalue weighted by atomic mass is 16.7. The van der Waals surface area contributed by atoms with Crippen molar-refractivity contribution in [1.82, 2.24) is 14.7 Å². The van der Waals surface area contributed by atoms with E-state index in [9.17, 15) is 4.79 Å². The van der Waals surface area contributed by atoms with Gasteiger partial charge in [-0.05, 0) is 43.1 Å². The maximum atomic E-state index is 13.0. The molecule has 0 radical (unpaired) electrons. The van der Waals surface area contributed by atoms with Crippen LogP contribution in [0, 0.1) is 0 Å². The van der Waals surface area contributed by atoms with E-state index in [1.54, 1.807) is 4.68 Å². The third-order valence-electron chi connectivity index (χ3n) is 5.71. The fourth-order valence-corrected chi connectivity index (χ4v) is 4.19. The van der Waals surface area contributed by atoms with Crippen molar-refractivity contribution >= 4 is 11.6 Å². The fraction of sp³-hybridized carbons (Fsp3) is 0.304. The monoisotopic (exact) mass is 404 g/mol. The number of benzene rings is 2. The number of carbonyl (C=O) groups excluding carboxylic acids is 1. The summed E-state index contributed by atoms with van der Waals surface area (Å²) < 4.78 is 12.9. The van der Waals surface area contributed by atoms with E-state index in [0.29, 0.717) is 6.54 Å². The zero-order chi connectivity index (χ0) is 20.5. The lowest BCUT2D eigenvalue weighted by Crippen LogP contribution is -2.39. The Hall–Kier alpha value is -3.32. The van der Waals surface area contributed by atoms with Gasteiger partial charge in [0.05, 0.1) is 12.2 Å². The molecule has 7 nitrogen and oxygen atoms in total. The van der Waals surface area contributed by atoms with Crippen LogP contribution >= 0.6 is 0 Å². The van der Waals surface area contributed by atoms with E-state index in [-0.39, 0.29) is 18.7 Å². The van der Waals surface area contributed by atoms with Gasteiger partial charge in [-0.2, -0.15) is 5.10 Å². The third kappa shape index (κ3) is 3.64. The van der Waals surface area contributed by atoms with Crippen LogP contribution in [0.1, 0.15) is 18.4 Å². The summed E-state index contributed by atoms with van der Waals surface area (Å²) >= 11 is 0. The molecule has 0 unspecified atom stereocenters. The molecular formula is C23H24N4O3. The van der Waals surface area contributed by atoms with E-state index in [1.807, 2.05) is 61.9 Å². The highest BCUT2D eigenvalue weighted by Crippen LogP contribution is 2.37. The lowest BCUT2D eigenvalue weighted by Gasteiger charge is -2.24. The van der Waals surface area contributed by atoms with Crippen molar-refractivity contribution in [1.29, 1.82) is 0 Å². The molecular weight excluding hydrogens is 380 g/mol. The molecule has 7 heteroatoms. The summed E-state index contributed by atoms with van der Waals surface area (Å²) in [6.07, 6.45) is 5.66. The molecule has 0 aliphatic carbocycles. The van der Waals surface area contributed by atoms with E-state index >= 15 is 0 Å². The SMILES string of the molecule is Cn1cc(-c2ccc(NC(=O)[C@H]3CCCN3Cc3cccc4c3OCO4)cc2)cn1. The number of likely N-dealkylation sites (tertiary alicyclic amines) is 1. The lowest BCUT2D eigenvalue weighted by molar-refractivity contribution is -0.120. The van der Waals surface area contributed by atoms with E-state index in [4.69, 9.17) is 9.47 Å². The molecule has 3 heterocycles. The normalized spacial score (nSPS) is 18.0. The average Bonchev–Trinajstić information content (AvgIpc) is 3.49. The highest BCUT2D eigenvalue weighted by molar-refractivity contribution is 5.95. The van der Waals surface area contributed by atoms with Crippen molar-refractivity contribution < 1.29 is 14.3 Å². The molecule has 1 N–H and O–H groups in total. The zero-order valence-electron chi connectivity index (χ0n) is 16.9. The van der Waals surface area contributed by atoms with Crippen molar-refractivity contribution in [2.24, 2.45) is 7.05 Å². The van der Waals surface area contributed by atoms with Gasteiger partial charge in [-0.3, -0.25) is 14.4 Å². The summed E-state index contributed by atoms with van der Waals surface area (Å²) in [5.41, 5.74) is 3.99. The number of carbonyl (C=O) groups is 1. The summed E-state index contributed by atoms with van der Waals surface area (Å²) in [6, 6.07) is 13.7. The van der Waals surface area contributed by atoms with Crippen LogP contribution in [0.3, 0.4) is 0 Å². The number of anilines is 1. The van der Waals surface area contributed by atoms with Crippen LogP contribution < -0.4 is 14.8 Å². The average molecular weight is 404 g/mol. The Morgan fingerprint density at radius 3 is 2.83 bits per heavy atom. The van der Waals surface area contributed by atoms with Crippen molar-refractivity contribution in [3.05, 3.63) is 60.4 Å². The molecule has 2 aromatic carbocycles. The number of aryl methyl sites for hydroxylation is 1. The minimum atomic E-state index is -0.152. The van der Waals surface area contributed by atoms with Gasteiger partial charge in [0.1, 0.15) is 0 Å². The number of amides is 1. The summed E-state index contributed by atoms with van der Waals surface area (Å²) in [5.74, 6) is 1.61. The van der Waals surface area contributed by atoms with E-state index in [0.717, 1.165) is 53.3 Å². The number of fused-ring (bicyclic) bond motifs is 1. The van der Waals surface area contributed by atoms with E-state index < -0.39 is 0 Å². The number of hydrogen-bond acceptors (Lipinski definition) is 5. The molecule has 0 spiro atoms. The Kier molecular flexibility index (Phi) is 4.88. The largest absolute Gasteiger partial charge is 0.454 e. The Morgan fingerprint density at radius 2 is 2.03 bits per heavy atom. The number of nitrogens with one attached hydrogen (secondary N) is 1. The first-order chi connectivity index (χ1) is 14.7. The maximum absolute atomic E-state index is 13.0. The quantitative estimate of drug-likeness (QED) is 0.706. The van der Waals surface area contributed by atoms with Gasteiger partial charge in [-0.15, -0.1) is 0 Å². The van der Waals surface area contributed by atoms with Gasteiger partial charge < -0.3 is 14.8 Å². The van der Waals surface area contributed by atoms with Crippen molar-refractivity contribution in [2.45, 2.75) is 25.4 Å². The van der Waals surface area contributed by atoms with Gasteiger partial charge in [0.25, 0.3) is 0 Å². The van der Waals surface area contributed by atoms with Gasteiger partial charge in [-0.25, -0.2) is 0 Å². The van der Waals surface area contributed by atoms with Crippen LogP contribution in [0.2, 0.25) is 0 Å². The van der Waals surface area contributed by atoms with Crippen LogP contribution in [0.4, 0.5) is 5.69 Å². The minimum absolute atomic E-state index is 0.0337. The Bertz CT molecular complexity index is 1060. The molecule has 0 bridgehead atoms. The second-order valence-corrected chi connectivity index (χ2v) is 7.75. The molecule has 1 saturated heterocycles. The Morgan fingerprint density at radius 1 is 1.17 bits per heavy atom. The molecule has 1 aromatic heterocycles. The van der Waals surface area contributed by atoms with Gasteiger partial charge in [0.2, 0.25) is 12.7 Å². The van der Waals surface area contributed by atoms with Crippen LogP contribution in [-0.4, -0.2) is 40.0 Å². The second-order valence-electron chi connectivity index (χ2n) is 7.75. The minimum Gasteiger partial charge on any atom is -0.454 e. The van der Waals surface area contributed by atoms with Crippen molar-refractivity contribution in [2.75, 3.05) is 18.7 Å². The highest BCUT2D eigenvalue weighted by Gasteiger charge is 2.32. The van der Waals surface area contributed by atoms with Crippen molar-refractivity contribution in [3.63, 3.8) is 0 Å². The molecule has 2 aliphatic heterocycles. The number of rotatable bonds is 5. The summed E-state index contributed by atoms with van der Waals surface area (Å²) in [6.45, 7) is 1.82. The number of nitrogens with zero attached hydrogens (tertiary/aromatic N) is 3. The summed E-state index contributed by atoms with van der Waals surface area (Å²) in [7, 11) is 1.90. The zero-order valence-corrected chi connectivity index (χ0v) is 16.9. The number of hydrogen-bond donors (Lipinski definition) is 1. The van der Waals surface area contributed by atoms with Gasteiger partial charge in [0, 0.05) is 36.6 Å². The van der Waals surface area contributed by atoms with Crippen LogP contribution in [0.25, 0.3) is 11.1 Å². The molecule has 30 heavy (non-hydrogen) atoms. The van der Waals surface area contributed by atoms with Gasteiger partial charge in [-0.1, -0.05) is 24.3 Å². The predicted molar refractivity (Wildman–Crippen MR) is 113 cm³/mol. The standard InChI is InChI=1S/C23H24N4O3/c1-26-13-18(12-24-26)16-7-9-19(10-8-16)25-23(28)20-5-3-11-27(20)14-17-4-2-6-21-22(17)30-15-29-21/h2,4,6-10,12-13,20H,3,5,11,14-15H2,1H3,(H,25,28)/t20-/m1/s1. The third-order valence-corrected chi connectivity index (χ3v) is 5.71. The molecule has 3 aromatic rings. The van der Waals surface area contributed by atoms with Crippen LogP contribution in [0.5, 0.6) is 11.5 Å². The van der Waals surface area contributed by atoms with E-state index in [2.05, 4.69) is 15.3 Å². The predicted octanol–water partition coefficient (Wildman–Crippen LogP) is 3.42. The first-order valence-corrected chi connectivity index (χ1v) is 10.2. The lowest BCUT2D eigenvalue weighted by atomic mass is 10.1. The van der Waals surface area contributed by atoms with Crippen LogP contribution in [-0.2, 0) is 18.4 Å². The second kappa shape index (κ2) is 7.84. The maximum Gasteiger partial charge on any atom is 0.241 e. The summed E-state index contributed by atoms with van der Waals surface area (Å²) in [5, 5.41) is 7.28. The first-order valence-electron chi connectivity index (χ1n) is 10.2. The molecule has 1 fully saturated rings. The van der Waals surface area contributed by atoms with Gasteiger partial charge >= 0.3 is 0 Å². The Labute approximate surface area is 175 Å². The first kappa shape index (κ1) is 18.7. The number of ether oxygens (including phenoxy) is 2.